The minimum atomic E-state index is -0.960. The van der Waals surface area contributed by atoms with Crippen molar-refractivity contribution in [1.29, 1.82) is 0 Å². The quantitative estimate of drug-likeness (QED) is 0.855. The lowest BCUT2D eigenvalue weighted by Crippen LogP contribution is -2.27. The number of benzene rings is 1. The summed E-state index contributed by atoms with van der Waals surface area (Å²) in [6, 6.07) is 8.85. The first-order valence-corrected chi connectivity index (χ1v) is 7.46. The highest BCUT2D eigenvalue weighted by molar-refractivity contribution is 7.10. The Labute approximate surface area is 127 Å². The van der Waals surface area contributed by atoms with E-state index in [1.165, 1.54) is 10.9 Å². The van der Waals surface area contributed by atoms with Crippen LogP contribution in [0.5, 0.6) is 0 Å². The molecule has 0 aliphatic heterocycles. The highest BCUT2D eigenvalue weighted by atomic mass is 35.5. The third kappa shape index (κ3) is 3.32. The van der Waals surface area contributed by atoms with Crippen LogP contribution in [0.2, 0.25) is 5.02 Å². The van der Waals surface area contributed by atoms with Gasteiger partial charge >= 0.3 is 5.97 Å². The average molecular weight is 310 g/mol. The summed E-state index contributed by atoms with van der Waals surface area (Å²) in [5, 5.41) is 15.0. The van der Waals surface area contributed by atoms with E-state index in [0.29, 0.717) is 17.3 Å². The first-order valence-electron chi connectivity index (χ1n) is 6.21. The second-order valence-corrected chi connectivity index (χ2v) is 6.59. The van der Waals surface area contributed by atoms with E-state index in [-0.39, 0.29) is 11.0 Å². The highest BCUT2D eigenvalue weighted by Gasteiger charge is 2.22. The molecule has 2 N–H and O–H groups in total. The third-order valence-corrected chi connectivity index (χ3v) is 4.59. The first-order chi connectivity index (χ1) is 9.40. The normalized spacial score (nSPS) is 11.3. The number of halogens is 1. The van der Waals surface area contributed by atoms with Gasteiger partial charge in [-0.2, -0.15) is 0 Å². The number of anilines is 1. The van der Waals surface area contributed by atoms with Gasteiger partial charge in [-0.15, -0.1) is 11.3 Å². The van der Waals surface area contributed by atoms with Crippen LogP contribution < -0.4 is 5.32 Å². The smallest absolute Gasteiger partial charge is 0.337 e. The molecule has 1 aromatic carbocycles. The van der Waals surface area contributed by atoms with Crippen LogP contribution in [0.25, 0.3) is 0 Å². The Morgan fingerprint density at radius 3 is 2.75 bits per heavy atom. The molecular weight excluding hydrogens is 294 g/mol. The maximum atomic E-state index is 11.2. The molecule has 0 saturated carbocycles. The van der Waals surface area contributed by atoms with Crippen molar-refractivity contribution in [3.8, 4) is 0 Å². The van der Waals surface area contributed by atoms with Crippen molar-refractivity contribution >= 4 is 34.6 Å². The molecule has 0 aliphatic carbocycles. The van der Waals surface area contributed by atoms with Gasteiger partial charge in [0.15, 0.2) is 0 Å². The Hall–Kier alpha value is -1.52. The minimum absolute atomic E-state index is 0.0771. The number of carboxylic acid groups (broad SMARTS) is 1. The van der Waals surface area contributed by atoms with Gasteiger partial charge in [0.05, 0.1) is 11.3 Å². The topological polar surface area (TPSA) is 49.3 Å². The zero-order chi connectivity index (χ0) is 14.8. The van der Waals surface area contributed by atoms with Crippen molar-refractivity contribution in [1.82, 2.24) is 0 Å². The van der Waals surface area contributed by atoms with Gasteiger partial charge in [0.1, 0.15) is 0 Å². The lowest BCUT2D eigenvalue weighted by atomic mass is 9.91. The zero-order valence-electron chi connectivity index (χ0n) is 11.3. The van der Waals surface area contributed by atoms with Gasteiger partial charge in [0.2, 0.25) is 0 Å². The Balaban J connectivity index is 2.19. The van der Waals surface area contributed by atoms with Gasteiger partial charge in [-0.1, -0.05) is 31.5 Å². The number of aromatic carboxylic acids is 1. The molecule has 0 spiro atoms. The number of carbonyl (C=O) groups is 1. The monoisotopic (exact) mass is 309 g/mol. The maximum absolute atomic E-state index is 11.2. The Morgan fingerprint density at radius 1 is 1.40 bits per heavy atom. The predicted molar refractivity (Wildman–Crippen MR) is 84.2 cm³/mol. The minimum Gasteiger partial charge on any atom is -0.478 e. The van der Waals surface area contributed by atoms with Crippen LogP contribution in [0.4, 0.5) is 5.69 Å². The van der Waals surface area contributed by atoms with Gasteiger partial charge in [-0.3, -0.25) is 0 Å². The molecular formula is C15H16ClNO2S. The summed E-state index contributed by atoms with van der Waals surface area (Å²) in [7, 11) is 0. The van der Waals surface area contributed by atoms with Crippen molar-refractivity contribution in [3.05, 3.63) is 51.2 Å². The van der Waals surface area contributed by atoms with Crippen LogP contribution in [0, 0.1) is 0 Å². The summed E-state index contributed by atoms with van der Waals surface area (Å²) in [4.78, 5) is 12.5. The molecule has 0 aliphatic rings. The van der Waals surface area contributed by atoms with Crippen molar-refractivity contribution in [2.75, 3.05) is 11.9 Å². The zero-order valence-corrected chi connectivity index (χ0v) is 12.9. The summed E-state index contributed by atoms with van der Waals surface area (Å²) in [6.07, 6.45) is 0. The van der Waals surface area contributed by atoms with Crippen LogP contribution >= 0.6 is 22.9 Å². The van der Waals surface area contributed by atoms with Gasteiger partial charge < -0.3 is 10.4 Å². The third-order valence-electron chi connectivity index (χ3n) is 3.12. The highest BCUT2D eigenvalue weighted by Crippen LogP contribution is 2.29. The molecule has 1 aromatic heterocycles. The van der Waals surface area contributed by atoms with Crippen molar-refractivity contribution in [2.45, 2.75) is 19.3 Å². The SMILES string of the molecule is CC(C)(CNc1cc(Cl)ccc1C(=O)O)c1cccs1. The van der Waals surface area contributed by atoms with E-state index in [9.17, 15) is 9.90 Å². The lowest BCUT2D eigenvalue weighted by molar-refractivity contribution is 0.0698. The second-order valence-electron chi connectivity index (χ2n) is 5.21. The molecule has 5 heteroatoms. The Kier molecular flexibility index (Phi) is 4.35. The number of hydrogen-bond acceptors (Lipinski definition) is 3. The summed E-state index contributed by atoms with van der Waals surface area (Å²) < 4.78 is 0. The van der Waals surface area contributed by atoms with E-state index in [0.717, 1.165) is 0 Å². The molecule has 0 saturated heterocycles. The van der Waals surface area contributed by atoms with Crippen LogP contribution in [0.3, 0.4) is 0 Å². The fourth-order valence-corrected chi connectivity index (χ4v) is 2.94. The standard InChI is InChI=1S/C15H16ClNO2S/c1-15(2,13-4-3-7-20-13)9-17-12-8-10(16)5-6-11(12)14(18)19/h3-8,17H,9H2,1-2H3,(H,18,19). The number of hydrogen-bond donors (Lipinski definition) is 2. The largest absolute Gasteiger partial charge is 0.478 e. The molecule has 1 heterocycles. The predicted octanol–water partition coefficient (Wildman–Crippen LogP) is 4.49. The molecule has 0 fully saturated rings. The number of carboxylic acids is 1. The summed E-state index contributed by atoms with van der Waals surface area (Å²) in [5.74, 6) is -0.960. The van der Waals surface area contributed by atoms with Crippen LogP contribution in [0.1, 0.15) is 29.1 Å². The van der Waals surface area contributed by atoms with Crippen LogP contribution in [-0.4, -0.2) is 17.6 Å². The molecule has 2 rings (SSSR count). The molecule has 3 nitrogen and oxygen atoms in total. The van der Waals surface area contributed by atoms with Gasteiger partial charge in [-0.05, 0) is 29.6 Å². The summed E-state index contributed by atoms with van der Waals surface area (Å²) in [6.45, 7) is 4.88. The Bertz CT molecular complexity index is 608. The first kappa shape index (κ1) is 14.9. The Morgan fingerprint density at radius 2 is 2.15 bits per heavy atom. The van der Waals surface area contributed by atoms with E-state index < -0.39 is 5.97 Å². The molecule has 0 amide bonds. The van der Waals surface area contributed by atoms with Gasteiger partial charge in [0.25, 0.3) is 0 Å². The summed E-state index contributed by atoms with van der Waals surface area (Å²) >= 11 is 7.64. The number of nitrogens with one attached hydrogen (secondary N) is 1. The second kappa shape index (κ2) is 5.85. The maximum Gasteiger partial charge on any atom is 0.337 e. The van der Waals surface area contributed by atoms with Gasteiger partial charge in [-0.25, -0.2) is 4.79 Å². The molecule has 106 valence electrons. The molecule has 2 aromatic rings. The van der Waals surface area contributed by atoms with E-state index in [1.54, 1.807) is 23.5 Å². The van der Waals surface area contributed by atoms with E-state index >= 15 is 0 Å². The number of rotatable bonds is 5. The molecule has 0 atom stereocenters. The van der Waals surface area contributed by atoms with Crippen molar-refractivity contribution < 1.29 is 9.90 Å². The molecule has 0 radical (unpaired) electrons. The van der Waals surface area contributed by atoms with Gasteiger partial charge in [0, 0.05) is 21.9 Å². The van der Waals surface area contributed by atoms with Crippen molar-refractivity contribution in [2.24, 2.45) is 0 Å². The molecule has 0 unspecified atom stereocenters. The van der Waals surface area contributed by atoms with E-state index in [1.807, 2.05) is 11.4 Å². The molecule has 0 bridgehead atoms. The lowest BCUT2D eigenvalue weighted by Gasteiger charge is -2.25. The fraction of sp³-hybridized carbons (Fsp3) is 0.267. The van der Waals surface area contributed by atoms with E-state index in [2.05, 4.69) is 25.2 Å². The average Bonchev–Trinajstić information content (AvgIpc) is 2.90. The van der Waals surface area contributed by atoms with Crippen molar-refractivity contribution in [3.63, 3.8) is 0 Å². The van der Waals surface area contributed by atoms with Crippen LogP contribution in [-0.2, 0) is 5.41 Å². The number of thiophene rings is 1. The summed E-state index contributed by atoms with van der Waals surface area (Å²) in [5.41, 5.74) is 0.706. The van der Waals surface area contributed by atoms with E-state index in [4.69, 9.17) is 11.6 Å². The van der Waals surface area contributed by atoms with Crippen LogP contribution in [0.15, 0.2) is 35.7 Å². The fourth-order valence-electron chi connectivity index (χ4n) is 1.92. The molecule has 20 heavy (non-hydrogen) atoms.